The third-order valence-electron chi connectivity index (χ3n) is 4.81. The number of methoxy groups -OCH3 is 4. The Morgan fingerprint density at radius 3 is 2.11 bits per heavy atom. The van der Waals surface area contributed by atoms with Crippen LogP contribution in [0.1, 0.15) is 34.3 Å². The first kappa shape index (κ1) is 18.8. The van der Waals surface area contributed by atoms with Crippen LogP contribution in [-0.4, -0.2) is 34.2 Å². The maximum atomic E-state index is 12.7. The van der Waals surface area contributed by atoms with Crippen molar-refractivity contribution in [2.24, 2.45) is 0 Å². The van der Waals surface area contributed by atoms with Gasteiger partial charge in [-0.25, -0.2) is 0 Å². The predicted molar refractivity (Wildman–Crippen MR) is 104 cm³/mol. The van der Waals surface area contributed by atoms with Gasteiger partial charge in [0.15, 0.2) is 28.8 Å². The molecule has 0 fully saturated rings. The van der Waals surface area contributed by atoms with Gasteiger partial charge in [-0.05, 0) is 54.3 Å². The minimum Gasteiger partial charge on any atom is -0.493 e. The summed E-state index contributed by atoms with van der Waals surface area (Å²) >= 11 is 0. The van der Waals surface area contributed by atoms with E-state index in [1.165, 1.54) is 5.56 Å². The molecule has 5 heteroatoms. The van der Waals surface area contributed by atoms with E-state index in [-0.39, 0.29) is 5.78 Å². The summed E-state index contributed by atoms with van der Waals surface area (Å²) in [6, 6.07) is 9.24. The van der Waals surface area contributed by atoms with Gasteiger partial charge >= 0.3 is 0 Å². The summed E-state index contributed by atoms with van der Waals surface area (Å²) in [4.78, 5) is 12.7. The highest BCUT2D eigenvalue weighted by Gasteiger charge is 2.18. The number of carbonyl (C=O) groups is 1. The molecular weight excluding hydrogens is 344 g/mol. The molecule has 0 saturated heterocycles. The summed E-state index contributed by atoms with van der Waals surface area (Å²) < 4.78 is 21.3. The molecule has 5 nitrogen and oxygen atoms in total. The lowest BCUT2D eigenvalue weighted by atomic mass is 9.88. The Hall–Kier alpha value is -2.95. The number of allylic oxidation sites excluding steroid dienone is 1. The van der Waals surface area contributed by atoms with E-state index >= 15 is 0 Å². The van der Waals surface area contributed by atoms with Gasteiger partial charge < -0.3 is 18.9 Å². The van der Waals surface area contributed by atoms with Crippen LogP contribution < -0.4 is 18.9 Å². The molecule has 3 rings (SSSR count). The van der Waals surface area contributed by atoms with Gasteiger partial charge in [-0.2, -0.15) is 0 Å². The van der Waals surface area contributed by atoms with Crippen LogP contribution >= 0.6 is 0 Å². The molecular formula is C22H24O5. The number of rotatable bonds is 7. The first-order valence-corrected chi connectivity index (χ1v) is 8.79. The zero-order valence-electron chi connectivity index (χ0n) is 16.1. The van der Waals surface area contributed by atoms with Crippen LogP contribution in [0.5, 0.6) is 23.0 Å². The summed E-state index contributed by atoms with van der Waals surface area (Å²) in [6.07, 6.45) is 4.19. The standard InChI is InChI=1S/C22H24O5/c1-24-19-8-7-16(12-20(19)25-2)18(23)10-14-5-6-15-11-21(26-3)22(27-4)13-17(15)9-14/h7-9,11-13H,5-6,10H2,1-4H3. The van der Waals surface area contributed by atoms with Crippen molar-refractivity contribution >= 4 is 11.9 Å². The molecule has 1 aliphatic rings. The first-order chi connectivity index (χ1) is 13.1. The molecule has 0 heterocycles. The van der Waals surface area contributed by atoms with Gasteiger partial charge in [0, 0.05) is 12.0 Å². The van der Waals surface area contributed by atoms with Crippen molar-refractivity contribution in [3.05, 3.63) is 52.6 Å². The summed E-state index contributed by atoms with van der Waals surface area (Å²) in [5.41, 5.74) is 4.00. The molecule has 1 aliphatic carbocycles. The highest BCUT2D eigenvalue weighted by Crippen LogP contribution is 2.36. The molecule has 27 heavy (non-hydrogen) atoms. The normalized spacial score (nSPS) is 12.7. The number of fused-ring (bicyclic) bond motifs is 1. The van der Waals surface area contributed by atoms with Crippen molar-refractivity contribution in [2.75, 3.05) is 28.4 Å². The molecule has 0 saturated carbocycles. The van der Waals surface area contributed by atoms with Crippen molar-refractivity contribution in [3.63, 3.8) is 0 Å². The quantitative estimate of drug-likeness (QED) is 0.681. The second kappa shape index (κ2) is 8.16. The van der Waals surface area contributed by atoms with Crippen LogP contribution in [0.15, 0.2) is 35.9 Å². The number of aryl methyl sites for hydroxylation is 1. The fourth-order valence-electron chi connectivity index (χ4n) is 3.33. The molecule has 2 aromatic carbocycles. The van der Waals surface area contributed by atoms with E-state index in [4.69, 9.17) is 18.9 Å². The molecule has 0 amide bonds. The Balaban J connectivity index is 1.82. The van der Waals surface area contributed by atoms with Gasteiger partial charge in [0.1, 0.15) is 0 Å². The monoisotopic (exact) mass is 368 g/mol. The van der Waals surface area contributed by atoms with E-state index in [1.807, 2.05) is 12.1 Å². The minimum absolute atomic E-state index is 0.0612. The lowest BCUT2D eigenvalue weighted by molar-refractivity contribution is 0.0992. The maximum absolute atomic E-state index is 12.7. The third-order valence-corrected chi connectivity index (χ3v) is 4.81. The molecule has 0 spiro atoms. The zero-order valence-corrected chi connectivity index (χ0v) is 16.1. The van der Waals surface area contributed by atoms with Crippen LogP contribution in [0.25, 0.3) is 6.08 Å². The summed E-state index contributed by atoms with van der Waals surface area (Å²) in [5.74, 6) is 2.66. The van der Waals surface area contributed by atoms with E-state index < -0.39 is 0 Å². The molecule has 142 valence electrons. The smallest absolute Gasteiger partial charge is 0.167 e. The number of ketones is 1. The lowest BCUT2D eigenvalue weighted by Crippen LogP contribution is -2.07. The Bertz CT molecular complexity index is 883. The number of ether oxygens (including phenoxy) is 4. The third kappa shape index (κ3) is 3.92. The molecule has 2 aromatic rings. The highest BCUT2D eigenvalue weighted by atomic mass is 16.5. The van der Waals surface area contributed by atoms with Gasteiger partial charge in [0.05, 0.1) is 28.4 Å². The van der Waals surface area contributed by atoms with Crippen molar-refractivity contribution in [1.29, 1.82) is 0 Å². The second-order valence-corrected chi connectivity index (χ2v) is 6.38. The predicted octanol–water partition coefficient (Wildman–Crippen LogP) is 4.32. The van der Waals surface area contributed by atoms with Crippen molar-refractivity contribution < 1.29 is 23.7 Å². The molecule has 0 N–H and O–H groups in total. The van der Waals surface area contributed by atoms with Crippen molar-refractivity contribution in [1.82, 2.24) is 0 Å². The number of Topliss-reactive ketones (excluding diaryl/α,β-unsaturated/α-hetero) is 1. The van der Waals surface area contributed by atoms with Crippen LogP contribution in [0.4, 0.5) is 0 Å². The lowest BCUT2D eigenvalue weighted by Gasteiger charge is -2.19. The van der Waals surface area contributed by atoms with E-state index in [1.54, 1.807) is 46.6 Å². The SMILES string of the molecule is COc1ccc(C(=O)CC2=Cc3cc(OC)c(OC)cc3CC2)cc1OC. The van der Waals surface area contributed by atoms with E-state index in [0.29, 0.717) is 29.2 Å². The summed E-state index contributed by atoms with van der Waals surface area (Å²) in [6.45, 7) is 0. The fourth-order valence-corrected chi connectivity index (χ4v) is 3.33. The first-order valence-electron chi connectivity index (χ1n) is 8.79. The fraction of sp³-hybridized carbons (Fsp3) is 0.318. The molecule has 0 aliphatic heterocycles. The average molecular weight is 368 g/mol. The average Bonchev–Trinajstić information content (AvgIpc) is 2.71. The van der Waals surface area contributed by atoms with Gasteiger partial charge in [0.25, 0.3) is 0 Å². The summed E-state index contributed by atoms with van der Waals surface area (Å²) in [5, 5.41) is 0. The number of carbonyl (C=O) groups excluding carboxylic acids is 1. The van der Waals surface area contributed by atoms with Gasteiger partial charge in [-0.15, -0.1) is 0 Å². The largest absolute Gasteiger partial charge is 0.493 e. The van der Waals surface area contributed by atoms with Gasteiger partial charge in [-0.3, -0.25) is 4.79 Å². The Morgan fingerprint density at radius 2 is 1.44 bits per heavy atom. The van der Waals surface area contributed by atoms with Crippen LogP contribution in [0.3, 0.4) is 0 Å². The molecule has 0 atom stereocenters. The summed E-state index contributed by atoms with van der Waals surface area (Å²) in [7, 11) is 6.40. The van der Waals surface area contributed by atoms with E-state index in [2.05, 4.69) is 6.08 Å². The maximum Gasteiger partial charge on any atom is 0.167 e. The van der Waals surface area contributed by atoms with Crippen LogP contribution in [0, 0.1) is 0 Å². The highest BCUT2D eigenvalue weighted by molar-refractivity contribution is 5.98. The number of hydrogen-bond acceptors (Lipinski definition) is 5. The Kier molecular flexibility index (Phi) is 5.69. The molecule has 0 radical (unpaired) electrons. The topological polar surface area (TPSA) is 54.0 Å². The van der Waals surface area contributed by atoms with Crippen molar-refractivity contribution in [2.45, 2.75) is 19.3 Å². The second-order valence-electron chi connectivity index (χ2n) is 6.38. The van der Waals surface area contributed by atoms with Gasteiger partial charge in [-0.1, -0.05) is 11.6 Å². The number of hydrogen-bond donors (Lipinski definition) is 0. The van der Waals surface area contributed by atoms with E-state index in [9.17, 15) is 4.79 Å². The van der Waals surface area contributed by atoms with Crippen LogP contribution in [-0.2, 0) is 6.42 Å². The van der Waals surface area contributed by atoms with Crippen molar-refractivity contribution in [3.8, 4) is 23.0 Å². The Labute approximate surface area is 159 Å². The van der Waals surface area contributed by atoms with Gasteiger partial charge in [0.2, 0.25) is 0 Å². The van der Waals surface area contributed by atoms with E-state index in [0.717, 1.165) is 29.7 Å². The zero-order chi connectivity index (χ0) is 19.4. The van der Waals surface area contributed by atoms with Crippen LogP contribution in [0.2, 0.25) is 0 Å². The molecule has 0 aromatic heterocycles. The number of benzene rings is 2. The Morgan fingerprint density at radius 1 is 0.815 bits per heavy atom. The molecule has 0 bridgehead atoms. The molecule has 0 unspecified atom stereocenters. The minimum atomic E-state index is 0.0612.